The number of halogens is 1. The lowest BCUT2D eigenvalue weighted by molar-refractivity contribution is -0.140. The van der Waals surface area contributed by atoms with E-state index in [1.54, 1.807) is 25.3 Å². The maximum Gasteiger partial charge on any atom is 0.256 e. The minimum absolute atomic E-state index is 0.0871. The van der Waals surface area contributed by atoms with Crippen molar-refractivity contribution in [3.05, 3.63) is 23.2 Å². The molecule has 2 rings (SSSR count). The van der Waals surface area contributed by atoms with E-state index in [4.69, 9.17) is 25.8 Å². The summed E-state index contributed by atoms with van der Waals surface area (Å²) in [6.45, 7) is 5.03. The fraction of sp³-hybridized carbons (Fsp3) is 0.632. The normalized spacial score (nSPS) is 17.3. The smallest absolute Gasteiger partial charge is 0.256 e. The molecule has 0 aliphatic heterocycles. The van der Waals surface area contributed by atoms with Crippen molar-refractivity contribution in [3.8, 4) is 5.75 Å². The van der Waals surface area contributed by atoms with Crippen molar-refractivity contribution in [1.29, 1.82) is 0 Å². The molecule has 0 radical (unpaired) electrons. The first-order valence-electron chi connectivity index (χ1n) is 8.91. The van der Waals surface area contributed by atoms with Gasteiger partial charge in [-0.15, -0.1) is 0 Å². The number of carbonyl (C=O) groups is 1. The predicted molar refractivity (Wildman–Crippen MR) is 99.5 cm³/mol. The Morgan fingerprint density at radius 1 is 1.36 bits per heavy atom. The van der Waals surface area contributed by atoms with Crippen LogP contribution in [0.5, 0.6) is 5.75 Å². The second-order valence-corrected chi connectivity index (χ2v) is 6.94. The molecule has 0 saturated heterocycles. The van der Waals surface area contributed by atoms with E-state index in [-0.39, 0.29) is 12.0 Å². The Morgan fingerprint density at radius 3 is 2.68 bits per heavy atom. The number of nitrogens with one attached hydrogen (secondary N) is 1. The molecule has 1 saturated carbocycles. The molecule has 1 atom stereocenters. The summed E-state index contributed by atoms with van der Waals surface area (Å²) in [5.74, 6) is 0.484. The Morgan fingerprint density at radius 2 is 2.08 bits per heavy atom. The van der Waals surface area contributed by atoms with Gasteiger partial charge in [-0.3, -0.25) is 4.79 Å². The summed E-state index contributed by atoms with van der Waals surface area (Å²) in [7, 11) is 1.62. The monoisotopic (exact) mass is 369 g/mol. The molecule has 25 heavy (non-hydrogen) atoms. The zero-order valence-corrected chi connectivity index (χ0v) is 16.0. The van der Waals surface area contributed by atoms with Gasteiger partial charge in [0.1, 0.15) is 17.5 Å². The third-order valence-corrected chi connectivity index (χ3v) is 4.62. The van der Waals surface area contributed by atoms with Gasteiger partial charge < -0.3 is 19.5 Å². The number of methoxy groups -OCH3 is 1. The zero-order valence-electron chi connectivity index (χ0n) is 15.3. The Bertz CT molecular complexity index is 573. The van der Waals surface area contributed by atoms with E-state index in [1.807, 2.05) is 13.8 Å². The van der Waals surface area contributed by atoms with Gasteiger partial charge in [-0.25, -0.2) is 0 Å². The first kappa shape index (κ1) is 20.0. The summed E-state index contributed by atoms with van der Waals surface area (Å²) in [5, 5.41) is 3.41. The second kappa shape index (κ2) is 9.41. The highest BCUT2D eigenvalue weighted by atomic mass is 35.5. The lowest BCUT2D eigenvalue weighted by Gasteiger charge is -2.28. The van der Waals surface area contributed by atoms with Crippen LogP contribution in [0.3, 0.4) is 0 Å². The van der Waals surface area contributed by atoms with E-state index in [1.165, 1.54) is 0 Å². The van der Waals surface area contributed by atoms with Gasteiger partial charge in [-0.05, 0) is 57.2 Å². The lowest BCUT2D eigenvalue weighted by Crippen LogP contribution is -2.43. The molecule has 0 bridgehead atoms. The maximum absolute atomic E-state index is 12.8. The molecule has 1 aromatic carbocycles. The summed E-state index contributed by atoms with van der Waals surface area (Å²) in [6.07, 6.45) is 4.36. The highest BCUT2D eigenvalue weighted by Gasteiger charge is 2.42. The molecule has 1 aliphatic carbocycles. The summed E-state index contributed by atoms with van der Waals surface area (Å²) in [4.78, 5) is 12.8. The van der Waals surface area contributed by atoms with Crippen LogP contribution in [0.2, 0.25) is 5.02 Å². The van der Waals surface area contributed by atoms with Crippen LogP contribution >= 0.6 is 11.6 Å². The number of benzene rings is 1. The summed E-state index contributed by atoms with van der Waals surface area (Å²) >= 11 is 6.29. The minimum atomic E-state index is -0.704. The summed E-state index contributed by atoms with van der Waals surface area (Å²) in [5.41, 5.74) is -0.0573. The lowest BCUT2D eigenvalue weighted by atomic mass is 10.0. The van der Waals surface area contributed by atoms with Gasteiger partial charge in [0.2, 0.25) is 0 Å². The van der Waals surface area contributed by atoms with Crippen molar-refractivity contribution in [1.82, 2.24) is 0 Å². The number of ether oxygens (including phenoxy) is 3. The van der Waals surface area contributed by atoms with E-state index in [2.05, 4.69) is 5.32 Å². The zero-order chi connectivity index (χ0) is 18.3. The number of hydrogen-bond donors (Lipinski definition) is 1. The van der Waals surface area contributed by atoms with Gasteiger partial charge in [0, 0.05) is 19.4 Å². The van der Waals surface area contributed by atoms with Crippen molar-refractivity contribution in [2.45, 2.75) is 57.7 Å². The fourth-order valence-corrected chi connectivity index (χ4v) is 3.31. The molecule has 0 aromatic heterocycles. The highest BCUT2D eigenvalue weighted by molar-refractivity contribution is 6.32. The van der Waals surface area contributed by atoms with Crippen LogP contribution in [0.25, 0.3) is 0 Å². The SMILES string of the molecule is CCCOC1(C(=O)Nc2ccc(O[C@H](C)COC)c(Cl)c2)CCCC1. The number of anilines is 1. The number of hydrogen-bond acceptors (Lipinski definition) is 4. The van der Waals surface area contributed by atoms with Crippen molar-refractivity contribution in [3.63, 3.8) is 0 Å². The molecule has 6 heteroatoms. The van der Waals surface area contributed by atoms with E-state index in [9.17, 15) is 4.79 Å². The Balaban J connectivity index is 2.04. The van der Waals surface area contributed by atoms with Crippen LogP contribution in [-0.2, 0) is 14.3 Å². The van der Waals surface area contributed by atoms with Crippen molar-refractivity contribution in [2.24, 2.45) is 0 Å². The van der Waals surface area contributed by atoms with Crippen LogP contribution in [0.15, 0.2) is 18.2 Å². The third-order valence-electron chi connectivity index (χ3n) is 4.33. The average molecular weight is 370 g/mol. The standard InChI is InChI=1S/C19H28ClNO4/c1-4-11-24-19(9-5-6-10-19)18(22)21-15-7-8-17(16(20)12-15)25-14(2)13-23-3/h7-8,12,14H,4-6,9-11,13H2,1-3H3,(H,21,22)/t14-/m1/s1. The van der Waals surface area contributed by atoms with Crippen LogP contribution < -0.4 is 10.1 Å². The van der Waals surface area contributed by atoms with E-state index < -0.39 is 5.60 Å². The van der Waals surface area contributed by atoms with Gasteiger partial charge in [0.25, 0.3) is 5.91 Å². The van der Waals surface area contributed by atoms with Gasteiger partial charge >= 0.3 is 0 Å². The highest BCUT2D eigenvalue weighted by Crippen LogP contribution is 2.35. The second-order valence-electron chi connectivity index (χ2n) is 6.53. The summed E-state index contributed by atoms with van der Waals surface area (Å²) < 4.78 is 16.7. The fourth-order valence-electron chi connectivity index (χ4n) is 3.09. The molecule has 1 aliphatic rings. The molecule has 140 valence electrons. The number of rotatable bonds is 9. The van der Waals surface area contributed by atoms with Crippen LogP contribution in [0, 0.1) is 0 Å². The van der Waals surface area contributed by atoms with Gasteiger partial charge in [0.05, 0.1) is 11.6 Å². The molecule has 1 N–H and O–H groups in total. The van der Waals surface area contributed by atoms with E-state index in [0.717, 1.165) is 32.1 Å². The number of carbonyl (C=O) groups excluding carboxylic acids is 1. The van der Waals surface area contributed by atoms with E-state index >= 15 is 0 Å². The Labute approximate surface area is 155 Å². The molecule has 1 fully saturated rings. The van der Waals surface area contributed by atoms with Crippen molar-refractivity contribution < 1.29 is 19.0 Å². The largest absolute Gasteiger partial charge is 0.487 e. The Kier molecular flexibility index (Phi) is 7.54. The third kappa shape index (κ3) is 5.33. The molecule has 0 spiro atoms. The molecule has 1 amide bonds. The van der Waals surface area contributed by atoms with Crippen molar-refractivity contribution in [2.75, 3.05) is 25.6 Å². The van der Waals surface area contributed by atoms with Crippen molar-refractivity contribution >= 4 is 23.2 Å². The van der Waals surface area contributed by atoms with E-state index in [0.29, 0.717) is 29.7 Å². The average Bonchev–Trinajstić information content (AvgIpc) is 3.06. The first-order valence-corrected chi connectivity index (χ1v) is 9.29. The molecule has 0 heterocycles. The molecular formula is C19H28ClNO4. The molecule has 1 aromatic rings. The first-order chi connectivity index (χ1) is 12.0. The van der Waals surface area contributed by atoms with Gasteiger partial charge in [-0.1, -0.05) is 18.5 Å². The van der Waals surface area contributed by atoms with Crippen LogP contribution in [0.4, 0.5) is 5.69 Å². The topological polar surface area (TPSA) is 56.8 Å². The molecular weight excluding hydrogens is 342 g/mol. The molecule has 5 nitrogen and oxygen atoms in total. The maximum atomic E-state index is 12.8. The van der Waals surface area contributed by atoms with Gasteiger partial charge in [-0.2, -0.15) is 0 Å². The Hall–Kier alpha value is -1.30. The van der Waals surface area contributed by atoms with Crippen LogP contribution in [-0.4, -0.2) is 37.9 Å². The predicted octanol–water partition coefficient (Wildman–Crippen LogP) is 4.43. The number of amides is 1. The van der Waals surface area contributed by atoms with Crippen LogP contribution in [0.1, 0.15) is 46.0 Å². The minimum Gasteiger partial charge on any atom is -0.487 e. The quantitative estimate of drug-likeness (QED) is 0.699. The summed E-state index contributed by atoms with van der Waals surface area (Å²) in [6, 6.07) is 5.26. The van der Waals surface area contributed by atoms with Gasteiger partial charge in [0.15, 0.2) is 0 Å². The molecule has 0 unspecified atom stereocenters.